The van der Waals surface area contributed by atoms with Crippen molar-refractivity contribution in [1.82, 2.24) is 5.01 Å². The molecule has 0 N–H and O–H groups in total. The van der Waals surface area contributed by atoms with Crippen LogP contribution in [-0.4, -0.2) is 31.3 Å². The van der Waals surface area contributed by atoms with Gasteiger partial charge in [0.15, 0.2) is 0 Å². The predicted octanol–water partition coefficient (Wildman–Crippen LogP) is 0. The Bertz CT molecular complexity index is 80.1. The van der Waals surface area contributed by atoms with Crippen LogP contribution in [0.1, 0.15) is 0 Å². The number of hydrogen-bond donors (Lipinski definition) is 0. The van der Waals surface area contributed by atoms with Crippen LogP contribution in [0, 0.1) is 4.91 Å². The SMILES string of the molecule is O=[15N]N1CCOCC1. The maximum Gasteiger partial charge on any atom is 0.0660 e. The molecule has 4 nitrogen and oxygen atoms in total. The van der Waals surface area contributed by atoms with Crippen molar-refractivity contribution in [3.05, 3.63) is 4.91 Å². The Balaban J connectivity index is 2.22. The Kier molecular flexibility index (Phi) is 1.80. The van der Waals surface area contributed by atoms with Crippen LogP contribution in [0.5, 0.6) is 0 Å². The van der Waals surface area contributed by atoms with Gasteiger partial charge < -0.3 is 4.74 Å². The molecular formula is C4H8N2O2. The second-order valence-electron chi connectivity index (χ2n) is 1.65. The molecule has 0 aliphatic carbocycles. The zero-order valence-electron chi connectivity index (χ0n) is 4.54. The highest BCUT2D eigenvalue weighted by atomic mass is 16.5. The van der Waals surface area contributed by atoms with Crippen LogP contribution in [0.3, 0.4) is 0 Å². The molecule has 46 valence electrons. The summed E-state index contributed by atoms with van der Waals surface area (Å²) in [4.78, 5) is 9.78. The van der Waals surface area contributed by atoms with Crippen molar-refractivity contribution in [2.45, 2.75) is 0 Å². The maximum absolute atomic E-state index is 9.78. The number of morpholine rings is 1. The van der Waals surface area contributed by atoms with E-state index in [1.54, 1.807) is 0 Å². The van der Waals surface area contributed by atoms with Crippen molar-refractivity contribution >= 4 is 0 Å². The molecule has 0 saturated carbocycles. The molecule has 0 amide bonds. The lowest BCUT2D eigenvalue weighted by Gasteiger charge is -2.19. The summed E-state index contributed by atoms with van der Waals surface area (Å²) in [5, 5.41) is 4.21. The molecule has 1 rings (SSSR count). The second-order valence-corrected chi connectivity index (χ2v) is 1.65. The fourth-order valence-corrected chi connectivity index (χ4v) is 0.635. The van der Waals surface area contributed by atoms with Crippen molar-refractivity contribution in [2.24, 2.45) is 5.29 Å². The molecule has 1 aliphatic heterocycles. The smallest absolute Gasteiger partial charge is 0.0660 e. The van der Waals surface area contributed by atoms with Crippen LogP contribution >= 0.6 is 0 Å². The van der Waals surface area contributed by atoms with Crippen LogP contribution in [0.2, 0.25) is 0 Å². The molecule has 0 bridgehead atoms. The second kappa shape index (κ2) is 2.61. The van der Waals surface area contributed by atoms with Crippen molar-refractivity contribution in [2.75, 3.05) is 26.3 Å². The summed E-state index contributed by atoms with van der Waals surface area (Å²) in [7, 11) is 0. The van der Waals surface area contributed by atoms with E-state index >= 15 is 0 Å². The lowest BCUT2D eigenvalue weighted by Crippen LogP contribution is -2.31. The number of ether oxygens (including phenoxy) is 1. The fourth-order valence-electron chi connectivity index (χ4n) is 0.635. The van der Waals surface area contributed by atoms with Gasteiger partial charge >= 0.3 is 0 Å². The maximum atomic E-state index is 9.78. The molecule has 0 aromatic heterocycles. The summed E-state index contributed by atoms with van der Waals surface area (Å²) in [6.07, 6.45) is 0. The van der Waals surface area contributed by atoms with E-state index in [0.717, 1.165) is 0 Å². The van der Waals surface area contributed by atoms with Gasteiger partial charge in [-0.05, 0) is 0 Å². The van der Waals surface area contributed by atoms with Gasteiger partial charge in [-0.15, -0.1) is 4.91 Å². The van der Waals surface area contributed by atoms with Crippen LogP contribution in [0.4, 0.5) is 0 Å². The summed E-state index contributed by atoms with van der Waals surface area (Å²) < 4.78 is 4.96. The average molecular weight is 117 g/mol. The predicted molar refractivity (Wildman–Crippen MR) is 28.2 cm³/mol. The van der Waals surface area contributed by atoms with E-state index in [1.807, 2.05) is 0 Å². The highest BCUT2D eigenvalue weighted by Crippen LogP contribution is 1.94. The van der Waals surface area contributed by atoms with Crippen LogP contribution in [0.25, 0.3) is 0 Å². The van der Waals surface area contributed by atoms with Gasteiger partial charge in [-0.3, -0.25) is 5.01 Å². The van der Waals surface area contributed by atoms with E-state index < -0.39 is 0 Å². The highest BCUT2D eigenvalue weighted by Gasteiger charge is 2.06. The minimum Gasteiger partial charge on any atom is -0.378 e. The molecule has 1 heterocycles. The molecule has 8 heavy (non-hydrogen) atoms. The Hall–Kier alpha value is -0.640. The minimum absolute atomic E-state index is 0.631. The first-order valence-corrected chi connectivity index (χ1v) is 2.59. The van der Waals surface area contributed by atoms with E-state index in [2.05, 4.69) is 5.29 Å². The molecule has 4 heteroatoms. The lowest BCUT2D eigenvalue weighted by atomic mass is 10.5. The Labute approximate surface area is 47.4 Å². The van der Waals surface area contributed by atoms with E-state index in [0.29, 0.717) is 26.3 Å². The van der Waals surface area contributed by atoms with Crippen molar-refractivity contribution < 1.29 is 4.74 Å². The van der Waals surface area contributed by atoms with Gasteiger partial charge in [0.1, 0.15) is 0 Å². The fraction of sp³-hybridized carbons (Fsp3) is 1.00. The number of hydrogen-bond acceptors (Lipinski definition) is 3. The quantitative estimate of drug-likeness (QED) is 0.358. The van der Waals surface area contributed by atoms with Gasteiger partial charge in [0.25, 0.3) is 0 Å². The molecule has 1 aliphatic rings. The molecular weight excluding hydrogens is 109 g/mol. The van der Waals surface area contributed by atoms with E-state index in [9.17, 15) is 4.91 Å². The van der Waals surface area contributed by atoms with Gasteiger partial charge in [0.05, 0.1) is 31.6 Å². The van der Waals surface area contributed by atoms with Crippen molar-refractivity contribution in [3.63, 3.8) is 0 Å². The molecule has 0 aromatic rings. The Morgan fingerprint density at radius 1 is 1.38 bits per heavy atom. The van der Waals surface area contributed by atoms with Gasteiger partial charge in [0.2, 0.25) is 0 Å². The molecule has 0 atom stereocenters. The summed E-state index contributed by atoms with van der Waals surface area (Å²) >= 11 is 0. The largest absolute Gasteiger partial charge is 0.378 e. The van der Waals surface area contributed by atoms with Crippen LogP contribution in [-0.2, 0) is 4.74 Å². The third kappa shape index (κ3) is 1.16. The standard InChI is InChI=1S/C4H8N2O2/c7-5-6-1-3-8-4-2-6/h1-4H2/i5+1. The van der Waals surface area contributed by atoms with Crippen LogP contribution in [0.15, 0.2) is 5.29 Å². The summed E-state index contributed by atoms with van der Waals surface area (Å²) in [5.74, 6) is 0. The summed E-state index contributed by atoms with van der Waals surface area (Å²) in [6.45, 7) is 2.55. The first-order chi connectivity index (χ1) is 3.93. The summed E-state index contributed by atoms with van der Waals surface area (Å²) in [5.41, 5.74) is 0. The van der Waals surface area contributed by atoms with E-state index in [-0.39, 0.29) is 0 Å². The third-order valence-electron chi connectivity index (χ3n) is 1.10. The minimum atomic E-state index is 0.631. The number of nitrogens with zero attached hydrogens (tertiary/aromatic N) is 2. The summed E-state index contributed by atoms with van der Waals surface area (Å²) in [6, 6.07) is 0. The van der Waals surface area contributed by atoms with Crippen molar-refractivity contribution in [1.29, 1.82) is 0 Å². The van der Waals surface area contributed by atoms with Crippen LogP contribution < -0.4 is 0 Å². The topological polar surface area (TPSA) is 41.9 Å². The highest BCUT2D eigenvalue weighted by molar-refractivity contribution is 4.54. The van der Waals surface area contributed by atoms with Gasteiger partial charge in [0, 0.05) is 0 Å². The monoisotopic (exact) mass is 117 g/mol. The zero-order valence-corrected chi connectivity index (χ0v) is 4.54. The van der Waals surface area contributed by atoms with Gasteiger partial charge in [-0.1, -0.05) is 0 Å². The number of rotatable bonds is 1. The van der Waals surface area contributed by atoms with E-state index in [4.69, 9.17) is 4.74 Å². The normalized spacial score (nSPS) is 20.8. The molecule has 0 unspecified atom stereocenters. The zero-order chi connectivity index (χ0) is 5.82. The Morgan fingerprint density at radius 2 is 2.00 bits per heavy atom. The Morgan fingerprint density at radius 3 is 2.38 bits per heavy atom. The molecule has 1 fully saturated rings. The molecule has 0 spiro atoms. The number of nitroso groups, excluding NO2 is 1. The van der Waals surface area contributed by atoms with Gasteiger partial charge in [-0.25, -0.2) is 0 Å². The van der Waals surface area contributed by atoms with Gasteiger partial charge in [-0.2, -0.15) is 0 Å². The average Bonchev–Trinajstić information content (AvgIpc) is 1.90. The first-order valence-electron chi connectivity index (χ1n) is 2.59. The third-order valence-corrected chi connectivity index (χ3v) is 1.10. The lowest BCUT2D eigenvalue weighted by molar-refractivity contribution is 0.0383. The molecule has 0 radical (unpaired) electrons. The first kappa shape index (κ1) is 5.50. The van der Waals surface area contributed by atoms with E-state index in [1.165, 1.54) is 5.01 Å². The van der Waals surface area contributed by atoms with Crippen molar-refractivity contribution in [3.8, 4) is 0 Å². The molecule has 1 saturated heterocycles. The molecule has 0 aromatic carbocycles.